The van der Waals surface area contributed by atoms with E-state index in [0.717, 1.165) is 12.0 Å². The summed E-state index contributed by atoms with van der Waals surface area (Å²) in [6.07, 6.45) is 3.86. The largest absolute Gasteiger partial charge is 0.495 e. The Morgan fingerprint density at radius 3 is 2.44 bits per heavy atom. The fourth-order valence-corrected chi connectivity index (χ4v) is 4.78. The Balaban J connectivity index is 1.76. The van der Waals surface area contributed by atoms with Crippen molar-refractivity contribution < 1.29 is 32.2 Å². The van der Waals surface area contributed by atoms with Crippen molar-refractivity contribution in [3.8, 4) is 17.2 Å². The minimum Gasteiger partial charge on any atom is -0.495 e. The van der Waals surface area contributed by atoms with Crippen LogP contribution in [0.1, 0.15) is 18.9 Å². The molecule has 0 atom stereocenters. The number of sulfonamides is 1. The van der Waals surface area contributed by atoms with Crippen LogP contribution in [-0.4, -0.2) is 65.8 Å². The maximum Gasteiger partial charge on any atom is 0.248 e. The van der Waals surface area contributed by atoms with Crippen molar-refractivity contribution in [2.24, 2.45) is 0 Å². The van der Waals surface area contributed by atoms with Crippen molar-refractivity contribution in [2.45, 2.75) is 18.2 Å². The molecule has 0 unspecified atom stereocenters. The number of anilines is 1. The lowest BCUT2D eigenvalue weighted by Gasteiger charge is -2.26. The summed E-state index contributed by atoms with van der Waals surface area (Å²) < 4.78 is 48.9. The molecule has 0 saturated carbocycles. The Kier molecular flexibility index (Phi) is 8.91. The van der Waals surface area contributed by atoms with Gasteiger partial charge >= 0.3 is 0 Å². The molecule has 0 spiro atoms. The Bertz CT molecular complexity index is 1130. The molecule has 0 aromatic heterocycles. The number of carbonyl (C=O) groups is 1. The van der Waals surface area contributed by atoms with Gasteiger partial charge in [0.2, 0.25) is 15.9 Å². The molecule has 184 valence electrons. The molecule has 1 fully saturated rings. The smallest absolute Gasteiger partial charge is 0.248 e. The fourth-order valence-electron chi connectivity index (χ4n) is 3.35. The van der Waals surface area contributed by atoms with E-state index in [9.17, 15) is 13.2 Å². The first kappa shape index (κ1) is 25.5. The number of nitrogens with zero attached hydrogens (tertiary/aromatic N) is 1. The van der Waals surface area contributed by atoms with Gasteiger partial charge in [-0.3, -0.25) is 4.79 Å². The van der Waals surface area contributed by atoms with Gasteiger partial charge in [-0.1, -0.05) is 13.0 Å². The van der Waals surface area contributed by atoms with Crippen LogP contribution in [0.3, 0.4) is 0 Å². The van der Waals surface area contributed by atoms with E-state index >= 15 is 0 Å². The van der Waals surface area contributed by atoms with Crippen LogP contribution in [0, 0.1) is 0 Å². The van der Waals surface area contributed by atoms with Crippen molar-refractivity contribution in [2.75, 3.05) is 52.4 Å². The lowest BCUT2D eigenvalue weighted by Crippen LogP contribution is -2.40. The number of nitrogens with one attached hydrogen (secondary N) is 1. The standard InChI is InChI=1S/C24H30N2O7S/c1-4-13-33-22-8-5-18(16-23(22)31-3)6-10-24(27)25-20-17-19(7-9-21(20)30-2)34(28,29)26-11-14-32-15-12-26/h5-10,16-17H,4,11-15H2,1-3H3,(H,25,27)/b10-6+. The van der Waals surface area contributed by atoms with Crippen LogP contribution in [-0.2, 0) is 19.6 Å². The Labute approximate surface area is 200 Å². The maximum absolute atomic E-state index is 13.0. The lowest BCUT2D eigenvalue weighted by atomic mass is 10.2. The van der Waals surface area contributed by atoms with Crippen LogP contribution >= 0.6 is 0 Å². The Morgan fingerprint density at radius 1 is 1.06 bits per heavy atom. The molecule has 34 heavy (non-hydrogen) atoms. The summed E-state index contributed by atoms with van der Waals surface area (Å²) in [6.45, 7) is 3.86. The minimum absolute atomic E-state index is 0.0712. The summed E-state index contributed by atoms with van der Waals surface area (Å²) in [6, 6.07) is 9.75. The summed E-state index contributed by atoms with van der Waals surface area (Å²) in [5, 5.41) is 2.70. The monoisotopic (exact) mass is 490 g/mol. The van der Waals surface area contributed by atoms with Gasteiger partial charge in [0, 0.05) is 19.2 Å². The quantitative estimate of drug-likeness (QED) is 0.510. The van der Waals surface area contributed by atoms with Gasteiger partial charge in [0.05, 0.1) is 44.6 Å². The minimum atomic E-state index is -3.72. The summed E-state index contributed by atoms with van der Waals surface area (Å²) in [7, 11) is -0.713. The highest BCUT2D eigenvalue weighted by Crippen LogP contribution is 2.30. The van der Waals surface area contributed by atoms with Gasteiger partial charge in [-0.15, -0.1) is 0 Å². The zero-order valence-corrected chi connectivity index (χ0v) is 20.4. The molecule has 2 aromatic rings. The fraction of sp³-hybridized carbons (Fsp3) is 0.375. The summed E-state index contributed by atoms with van der Waals surface area (Å²) in [5.74, 6) is 1.11. The van der Waals surface area contributed by atoms with Crippen LogP contribution in [0.4, 0.5) is 5.69 Å². The van der Waals surface area contributed by atoms with Crippen LogP contribution in [0.25, 0.3) is 6.08 Å². The second kappa shape index (κ2) is 11.9. The van der Waals surface area contributed by atoms with E-state index in [1.807, 2.05) is 13.0 Å². The second-order valence-electron chi connectivity index (χ2n) is 7.46. The van der Waals surface area contributed by atoms with E-state index in [1.54, 1.807) is 25.3 Å². The molecule has 2 aromatic carbocycles. The molecule has 0 radical (unpaired) electrons. The molecule has 1 saturated heterocycles. The number of ether oxygens (including phenoxy) is 4. The normalized spacial score (nSPS) is 14.7. The highest BCUT2D eigenvalue weighted by atomic mass is 32.2. The van der Waals surface area contributed by atoms with Gasteiger partial charge in [-0.05, 0) is 48.4 Å². The topological polar surface area (TPSA) is 103 Å². The zero-order valence-electron chi connectivity index (χ0n) is 19.6. The van der Waals surface area contributed by atoms with Gasteiger partial charge in [-0.25, -0.2) is 8.42 Å². The molecule has 1 N–H and O–H groups in total. The van der Waals surface area contributed by atoms with Gasteiger partial charge in [0.15, 0.2) is 11.5 Å². The number of amides is 1. The number of morpholine rings is 1. The lowest BCUT2D eigenvalue weighted by molar-refractivity contribution is -0.111. The third-order valence-electron chi connectivity index (χ3n) is 5.11. The highest BCUT2D eigenvalue weighted by Gasteiger charge is 2.27. The average Bonchev–Trinajstić information content (AvgIpc) is 2.86. The molecule has 1 heterocycles. The van der Waals surface area contributed by atoms with Crippen LogP contribution in [0.2, 0.25) is 0 Å². The first-order valence-corrected chi connectivity index (χ1v) is 12.4. The van der Waals surface area contributed by atoms with E-state index in [4.69, 9.17) is 18.9 Å². The van der Waals surface area contributed by atoms with Crippen molar-refractivity contribution in [1.29, 1.82) is 0 Å². The molecule has 9 nitrogen and oxygen atoms in total. The first-order valence-electron chi connectivity index (χ1n) is 10.9. The Morgan fingerprint density at radius 2 is 1.76 bits per heavy atom. The second-order valence-corrected chi connectivity index (χ2v) is 9.40. The summed E-state index contributed by atoms with van der Waals surface area (Å²) in [5.41, 5.74) is 0.999. The van der Waals surface area contributed by atoms with Gasteiger partial charge in [0.25, 0.3) is 0 Å². The number of carbonyl (C=O) groups excluding carboxylic acids is 1. The molecule has 10 heteroatoms. The Hall–Kier alpha value is -3.08. The number of methoxy groups -OCH3 is 2. The predicted molar refractivity (Wildman–Crippen MR) is 129 cm³/mol. The van der Waals surface area contributed by atoms with Crippen LogP contribution in [0.5, 0.6) is 17.2 Å². The van der Waals surface area contributed by atoms with Crippen LogP contribution < -0.4 is 19.5 Å². The first-order chi connectivity index (χ1) is 16.4. The molecule has 1 aliphatic rings. The molecular weight excluding hydrogens is 460 g/mol. The zero-order chi connectivity index (χ0) is 24.6. The molecule has 0 aliphatic carbocycles. The highest BCUT2D eigenvalue weighted by molar-refractivity contribution is 7.89. The number of hydrogen-bond donors (Lipinski definition) is 1. The maximum atomic E-state index is 13.0. The predicted octanol–water partition coefficient (Wildman–Crippen LogP) is 3.17. The van der Waals surface area contributed by atoms with Gasteiger partial charge in [0.1, 0.15) is 5.75 Å². The van der Waals surface area contributed by atoms with Crippen molar-refractivity contribution in [3.05, 3.63) is 48.0 Å². The molecule has 0 bridgehead atoms. The van der Waals surface area contributed by atoms with E-state index in [-0.39, 0.29) is 23.7 Å². The number of benzene rings is 2. The SMILES string of the molecule is CCCOc1ccc(/C=C/C(=O)Nc2cc(S(=O)(=O)N3CCOCC3)ccc2OC)cc1OC. The van der Waals surface area contributed by atoms with Gasteiger partial charge < -0.3 is 24.3 Å². The van der Waals surface area contributed by atoms with Crippen molar-refractivity contribution in [1.82, 2.24) is 4.31 Å². The third kappa shape index (κ3) is 6.28. The average molecular weight is 491 g/mol. The van der Waals surface area contributed by atoms with Gasteiger partial charge in [-0.2, -0.15) is 4.31 Å². The van der Waals surface area contributed by atoms with Crippen molar-refractivity contribution >= 4 is 27.7 Å². The van der Waals surface area contributed by atoms with E-state index in [1.165, 1.54) is 35.7 Å². The number of hydrogen-bond acceptors (Lipinski definition) is 7. The summed E-state index contributed by atoms with van der Waals surface area (Å²) >= 11 is 0. The van der Waals surface area contributed by atoms with E-state index in [2.05, 4.69) is 5.32 Å². The van der Waals surface area contributed by atoms with Crippen molar-refractivity contribution in [3.63, 3.8) is 0 Å². The van der Waals surface area contributed by atoms with E-state index < -0.39 is 15.9 Å². The molecule has 1 aliphatic heterocycles. The number of rotatable bonds is 10. The van der Waals surface area contributed by atoms with E-state index in [0.29, 0.717) is 37.1 Å². The molecular formula is C24H30N2O7S. The van der Waals surface area contributed by atoms with Crippen LogP contribution in [0.15, 0.2) is 47.4 Å². The molecule has 3 rings (SSSR count). The third-order valence-corrected chi connectivity index (χ3v) is 7.01. The molecule has 1 amide bonds. The summed E-state index contributed by atoms with van der Waals surface area (Å²) in [4.78, 5) is 12.7.